The maximum Gasteiger partial charge on any atom is 0.408 e. The number of benzene rings is 2. The number of aromatic amines is 1. The first-order valence-electron chi connectivity index (χ1n) is 12.4. The van der Waals surface area contributed by atoms with E-state index in [0.717, 1.165) is 11.1 Å². The van der Waals surface area contributed by atoms with Gasteiger partial charge in [-0.3, -0.25) is 9.59 Å². The van der Waals surface area contributed by atoms with E-state index in [9.17, 15) is 19.5 Å². The molecule has 0 saturated carbocycles. The van der Waals surface area contributed by atoms with E-state index < -0.39 is 18.0 Å². The highest BCUT2D eigenvalue weighted by Gasteiger charge is 2.29. The normalized spacial score (nSPS) is 11.9. The van der Waals surface area contributed by atoms with Crippen LogP contribution in [0.2, 0.25) is 0 Å². The smallest absolute Gasteiger partial charge is 0.408 e. The highest BCUT2D eigenvalue weighted by molar-refractivity contribution is 5.89. The van der Waals surface area contributed by atoms with Crippen molar-refractivity contribution >= 4 is 17.9 Å². The van der Waals surface area contributed by atoms with Gasteiger partial charge in [0.1, 0.15) is 12.6 Å². The Labute approximate surface area is 222 Å². The zero-order valence-electron chi connectivity index (χ0n) is 21.7. The number of rotatable bonds is 13. The van der Waals surface area contributed by atoms with Crippen molar-refractivity contribution in [2.45, 2.75) is 38.3 Å². The summed E-state index contributed by atoms with van der Waals surface area (Å²) in [6.45, 7) is 3.74. The van der Waals surface area contributed by atoms with Crippen molar-refractivity contribution in [2.24, 2.45) is 0 Å². The van der Waals surface area contributed by atoms with Gasteiger partial charge in [0.2, 0.25) is 11.8 Å². The molecule has 3 aromatic rings. The largest absolute Gasteiger partial charge is 0.445 e. The number of aliphatic hydroxyl groups excluding tert-OH is 1. The fourth-order valence-electron chi connectivity index (χ4n) is 3.87. The van der Waals surface area contributed by atoms with Crippen molar-refractivity contribution in [3.05, 3.63) is 90.0 Å². The summed E-state index contributed by atoms with van der Waals surface area (Å²) in [6, 6.07) is 17.9. The highest BCUT2D eigenvalue weighted by Crippen LogP contribution is 2.21. The molecule has 38 heavy (non-hydrogen) atoms. The summed E-state index contributed by atoms with van der Waals surface area (Å²) in [5.74, 6) is -0.898. The van der Waals surface area contributed by atoms with Gasteiger partial charge in [-0.25, -0.2) is 9.78 Å². The molecule has 0 aliphatic carbocycles. The Morgan fingerprint density at radius 3 is 2.39 bits per heavy atom. The topological polar surface area (TPSA) is 137 Å². The van der Waals surface area contributed by atoms with Crippen LogP contribution in [0.1, 0.15) is 30.7 Å². The lowest BCUT2D eigenvalue weighted by Gasteiger charge is -2.28. The van der Waals surface area contributed by atoms with Gasteiger partial charge in [-0.1, -0.05) is 74.5 Å². The maximum atomic E-state index is 13.5. The first-order valence-corrected chi connectivity index (χ1v) is 12.4. The molecule has 202 valence electrons. The third kappa shape index (κ3) is 8.74. The standard InChI is InChI=1S/C28H35N5O5/c1-28(2,22-11-7-4-8-12-22)19-30-25(35)17-33(13-14-34)26(36)24(15-23-16-29-20-31-23)32-27(37)38-18-21-9-5-3-6-10-21/h3-12,16,20,24,34H,13-15,17-19H2,1-2H3,(H,29,31)(H,30,35)(H,32,37). The van der Waals surface area contributed by atoms with Gasteiger partial charge in [-0.05, 0) is 11.1 Å². The van der Waals surface area contributed by atoms with Crippen LogP contribution in [0.15, 0.2) is 73.2 Å². The van der Waals surface area contributed by atoms with Crippen LogP contribution in [0.4, 0.5) is 4.79 Å². The molecule has 3 amide bonds. The Morgan fingerprint density at radius 1 is 1.08 bits per heavy atom. The number of aliphatic hydroxyl groups is 1. The number of imidazole rings is 1. The fourth-order valence-corrected chi connectivity index (χ4v) is 3.87. The molecule has 0 aliphatic rings. The summed E-state index contributed by atoms with van der Waals surface area (Å²) in [4.78, 5) is 46.9. The van der Waals surface area contributed by atoms with Crippen LogP contribution in [0, 0.1) is 0 Å². The predicted octanol–water partition coefficient (Wildman–Crippen LogP) is 2.16. The van der Waals surface area contributed by atoms with E-state index >= 15 is 0 Å². The van der Waals surface area contributed by atoms with Crippen LogP contribution in [-0.2, 0) is 32.8 Å². The molecule has 1 aromatic heterocycles. The van der Waals surface area contributed by atoms with Crippen LogP contribution in [-0.4, -0.2) is 70.2 Å². The summed E-state index contributed by atoms with van der Waals surface area (Å²) in [5, 5.41) is 15.1. The van der Waals surface area contributed by atoms with Crippen molar-refractivity contribution in [1.82, 2.24) is 25.5 Å². The SMILES string of the molecule is CC(C)(CNC(=O)CN(CCO)C(=O)C(Cc1cnc[nH]1)NC(=O)OCc1ccccc1)c1ccccc1. The average Bonchev–Trinajstić information content (AvgIpc) is 3.44. The lowest BCUT2D eigenvalue weighted by molar-refractivity contribution is -0.138. The molecule has 4 N–H and O–H groups in total. The second-order valence-corrected chi connectivity index (χ2v) is 9.55. The van der Waals surface area contributed by atoms with Gasteiger partial charge in [0.25, 0.3) is 0 Å². The number of carbonyl (C=O) groups excluding carboxylic acids is 3. The van der Waals surface area contributed by atoms with Gasteiger partial charge in [-0.15, -0.1) is 0 Å². The van der Waals surface area contributed by atoms with E-state index in [0.29, 0.717) is 12.2 Å². The minimum Gasteiger partial charge on any atom is -0.445 e. The molecule has 0 bridgehead atoms. The number of aromatic nitrogens is 2. The van der Waals surface area contributed by atoms with Gasteiger partial charge < -0.3 is 30.4 Å². The Balaban J connectivity index is 1.64. The molecule has 2 aromatic carbocycles. The van der Waals surface area contributed by atoms with Crippen molar-refractivity contribution in [3.8, 4) is 0 Å². The number of hydrogen-bond donors (Lipinski definition) is 4. The molecular formula is C28H35N5O5. The molecule has 1 heterocycles. The molecular weight excluding hydrogens is 486 g/mol. The van der Waals surface area contributed by atoms with E-state index in [2.05, 4.69) is 20.6 Å². The van der Waals surface area contributed by atoms with Crippen LogP contribution >= 0.6 is 0 Å². The first-order chi connectivity index (χ1) is 18.3. The predicted molar refractivity (Wildman–Crippen MR) is 142 cm³/mol. The summed E-state index contributed by atoms with van der Waals surface area (Å²) >= 11 is 0. The fraction of sp³-hybridized carbons (Fsp3) is 0.357. The molecule has 10 nitrogen and oxygen atoms in total. The van der Waals surface area contributed by atoms with Crippen LogP contribution < -0.4 is 10.6 Å². The molecule has 0 saturated heterocycles. The molecule has 3 rings (SSSR count). The third-order valence-corrected chi connectivity index (χ3v) is 6.08. The number of nitrogens with zero attached hydrogens (tertiary/aromatic N) is 2. The van der Waals surface area contributed by atoms with Crippen LogP contribution in [0.3, 0.4) is 0 Å². The molecule has 0 aliphatic heterocycles. The van der Waals surface area contributed by atoms with Gasteiger partial charge in [-0.2, -0.15) is 0 Å². The van der Waals surface area contributed by atoms with Crippen molar-refractivity contribution in [1.29, 1.82) is 0 Å². The number of ether oxygens (including phenoxy) is 1. The van der Waals surface area contributed by atoms with Crippen LogP contribution in [0.25, 0.3) is 0 Å². The number of amides is 3. The minimum absolute atomic E-state index is 0.0393. The van der Waals surface area contributed by atoms with Crippen molar-refractivity contribution in [3.63, 3.8) is 0 Å². The van der Waals surface area contributed by atoms with E-state index in [1.165, 1.54) is 11.2 Å². The Kier molecular flexibility index (Phi) is 10.4. The number of H-pyrrole nitrogens is 1. The van der Waals surface area contributed by atoms with E-state index in [-0.39, 0.29) is 44.0 Å². The highest BCUT2D eigenvalue weighted by atomic mass is 16.5. The second kappa shape index (κ2) is 13.9. The number of hydrogen-bond acceptors (Lipinski definition) is 6. The van der Waals surface area contributed by atoms with Gasteiger partial charge in [0.05, 0.1) is 19.5 Å². The Hall–Kier alpha value is -4.18. The van der Waals surface area contributed by atoms with Gasteiger partial charge >= 0.3 is 6.09 Å². The van der Waals surface area contributed by atoms with E-state index in [1.807, 2.05) is 74.5 Å². The second-order valence-electron chi connectivity index (χ2n) is 9.55. The Bertz CT molecular complexity index is 1150. The summed E-state index contributed by atoms with van der Waals surface area (Å²) < 4.78 is 5.29. The lowest BCUT2D eigenvalue weighted by atomic mass is 9.84. The molecule has 0 radical (unpaired) electrons. The summed E-state index contributed by atoms with van der Waals surface area (Å²) in [6.07, 6.45) is 2.35. The van der Waals surface area contributed by atoms with Gasteiger partial charge in [0.15, 0.2) is 0 Å². The van der Waals surface area contributed by atoms with Crippen molar-refractivity contribution in [2.75, 3.05) is 26.2 Å². The zero-order chi connectivity index (χ0) is 27.4. The Morgan fingerprint density at radius 2 is 1.76 bits per heavy atom. The molecule has 0 fully saturated rings. The lowest BCUT2D eigenvalue weighted by Crippen LogP contribution is -2.53. The molecule has 0 spiro atoms. The third-order valence-electron chi connectivity index (χ3n) is 6.08. The number of carbonyl (C=O) groups is 3. The van der Waals surface area contributed by atoms with Crippen molar-refractivity contribution < 1.29 is 24.2 Å². The maximum absolute atomic E-state index is 13.5. The van der Waals surface area contributed by atoms with Crippen LogP contribution in [0.5, 0.6) is 0 Å². The summed E-state index contributed by atoms with van der Waals surface area (Å²) in [5.41, 5.74) is 2.16. The number of nitrogens with one attached hydrogen (secondary N) is 3. The quantitative estimate of drug-likeness (QED) is 0.272. The van der Waals surface area contributed by atoms with E-state index in [1.54, 1.807) is 6.20 Å². The minimum atomic E-state index is -1.04. The molecule has 1 unspecified atom stereocenters. The molecule has 10 heteroatoms. The number of alkyl carbamates (subject to hydrolysis) is 1. The summed E-state index contributed by atoms with van der Waals surface area (Å²) in [7, 11) is 0. The first kappa shape index (κ1) is 28.4. The molecule has 1 atom stereocenters. The van der Waals surface area contributed by atoms with Gasteiger partial charge in [0, 0.05) is 36.8 Å². The monoisotopic (exact) mass is 521 g/mol. The average molecular weight is 522 g/mol. The zero-order valence-corrected chi connectivity index (χ0v) is 21.7. The van der Waals surface area contributed by atoms with E-state index in [4.69, 9.17) is 4.74 Å².